The van der Waals surface area contributed by atoms with E-state index in [2.05, 4.69) is 0 Å². The van der Waals surface area contributed by atoms with E-state index in [4.69, 9.17) is 11.5 Å². The number of hydrogen-bond acceptors (Lipinski definition) is 2. The summed E-state index contributed by atoms with van der Waals surface area (Å²) in [6.07, 6.45) is 3.82. The van der Waals surface area contributed by atoms with E-state index in [1.807, 2.05) is 0 Å². The Morgan fingerprint density at radius 3 is 2.50 bits per heavy atom. The summed E-state index contributed by atoms with van der Waals surface area (Å²) < 4.78 is 0. The number of carbonyl (C=O) groups excluding carboxylic acids is 1. The standard InChI is InChI=1S/C7H14N2O/c8-6-3-1-2-5(4-6)7(9)10/h5-6H,1-4,8H2,(H2,9,10)/t5-,6+/m1/s1. The summed E-state index contributed by atoms with van der Waals surface area (Å²) in [6, 6.07) is 0.200. The third kappa shape index (κ3) is 1.70. The van der Waals surface area contributed by atoms with Crippen LogP contribution in [0.25, 0.3) is 0 Å². The van der Waals surface area contributed by atoms with Gasteiger partial charge in [-0.1, -0.05) is 6.42 Å². The maximum Gasteiger partial charge on any atom is 0.220 e. The molecule has 1 aliphatic rings. The predicted molar refractivity (Wildman–Crippen MR) is 39.1 cm³/mol. The number of carbonyl (C=O) groups is 1. The van der Waals surface area contributed by atoms with Crippen molar-refractivity contribution in [1.82, 2.24) is 0 Å². The van der Waals surface area contributed by atoms with Crippen LogP contribution >= 0.6 is 0 Å². The lowest BCUT2D eigenvalue weighted by Gasteiger charge is -2.23. The molecular formula is C7H14N2O. The first-order valence-electron chi connectivity index (χ1n) is 3.75. The normalized spacial score (nSPS) is 33.7. The number of nitrogens with two attached hydrogens (primary N) is 2. The second-order valence-electron chi connectivity index (χ2n) is 3.03. The number of amides is 1. The molecule has 0 aliphatic heterocycles. The summed E-state index contributed by atoms with van der Waals surface area (Å²) in [4.78, 5) is 10.7. The van der Waals surface area contributed by atoms with E-state index in [9.17, 15) is 4.79 Å². The Morgan fingerprint density at radius 2 is 2.10 bits per heavy atom. The number of rotatable bonds is 1. The lowest BCUT2D eigenvalue weighted by molar-refractivity contribution is -0.122. The van der Waals surface area contributed by atoms with Crippen molar-refractivity contribution >= 4 is 5.91 Å². The molecule has 58 valence electrons. The lowest BCUT2D eigenvalue weighted by atomic mass is 9.86. The summed E-state index contributed by atoms with van der Waals surface area (Å²) >= 11 is 0. The van der Waals surface area contributed by atoms with Crippen LogP contribution in [0.2, 0.25) is 0 Å². The van der Waals surface area contributed by atoms with Crippen LogP contribution in [0.1, 0.15) is 25.7 Å². The van der Waals surface area contributed by atoms with Crippen LogP contribution in [0.4, 0.5) is 0 Å². The van der Waals surface area contributed by atoms with Gasteiger partial charge in [-0.05, 0) is 19.3 Å². The minimum Gasteiger partial charge on any atom is -0.369 e. The van der Waals surface area contributed by atoms with Crippen molar-refractivity contribution in [2.45, 2.75) is 31.7 Å². The molecule has 0 aromatic rings. The lowest BCUT2D eigenvalue weighted by Crippen LogP contribution is -2.34. The fourth-order valence-electron chi connectivity index (χ4n) is 1.49. The van der Waals surface area contributed by atoms with Gasteiger partial charge in [0.05, 0.1) is 0 Å². The van der Waals surface area contributed by atoms with Crippen LogP contribution in [0.15, 0.2) is 0 Å². The molecule has 4 N–H and O–H groups in total. The molecule has 1 aliphatic carbocycles. The van der Waals surface area contributed by atoms with Gasteiger partial charge in [-0.15, -0.1) is 0 Å². The van der Waals surface area contributed by atoms with E-state index in [1.54, 1.807) is 0 Å². The van der Waals surface area contributed by atoms with Gasteiger partial charge < -0.3 is 11.5 Å². The Hall–Kier alpha value is -0.570. The van der Waals surface area contributed by atoms with E-state index < -0.39 is 0 Å². The average Bonchev–Trinajstić information content (AvgIpc) is 1.88. The topological polar surface area (TPSA) is 69.1 Å². The molecule has 10 heavy (non-hydrogen) atoms. The molecule has 0 bridgehead atoms. The fourth-order valence-corrected chi connectivity index (χ4v) is 1.49. The Morgan fingerprint density at radius 1 is 1.40 bits per heavy atom. The van der Waals surface area contributed by atoms with Crippen molar-refractivity contribution < 1.29 is 4.79 Å². The average molecular weight is 142 g/mol. The molecular weight excluding hydrogens is 128 g/mol. The maximum absolute atomic E-state index is 10.7. The third-order valence-corrected chi connectivity index (χ3v) is 2.12. The second kappa shape index (κ2) is 3.01. The van der Waals surface area contributed by atoms with Gasteiger partial charge in [-0.2, -0.15) is 0 Å². The molecule has 0 heterocycles. The van der Waals surface area contributed by atoms with E-state index in [1.165, 1.54) is 0 Å². The summed E-state index contributed by atoms with van der Waals surface area (Å²) in [5.41, 5.74) is 10.8. The molecule has 0 unspecified atom stereocenters. The van der Waals surface area contributed by atoms with Crippen LogP contribution in [0, 0.1) is 5.92 Å². The Labute approximate surface area is 60.8 Å². The highest BCUT2D eigenvalue weighted by molar-refractivity contribution is 5.76. The van der Waals surface area contributed by atoms with E-state index in [0.29, 0.717) is 0 Å². The van der Waals surface area contributed by atoms with Crippen molar-refractivity contribution in [2.24, 2.45) is 17.4 Å². The van der Waals surface area contributed by atoms with Crippen LogP contribution in [-0.4, -0.2) is 11.9 Å². The molecule has 0 saturated heterocycles. The Balaban J connectivity index is 2.39. The number of primary amides is 1. The van der Waals surface area contributed by atoms with Crippen LogP contribution in [0.5, 0.6) is 0 Å². The quantitative estimate of drug-likeness (QED) is 0.540. The largest absolute Gasteiger partial charge is 0.369 e. The molecule has 1 fully saturated rings. The SMILES string of the molecule is NC(=O)[C@@H]1CCC[C@H](N)C1. The minimum atomic E-state index is -0.185. The smallest absolute Gasteiger partial charge is 0.220 e. The molecule has 1 amide bonds. The fraction of sp³-hybridized carbons (Fsp3) is 0.857. The van der Waals surface area contributed by atoms with Crippen molar-refractivity contribution in [3.8, 4) is 0 Å². The summed E-state index contributed by atoms with van der Waals surface area (Å²) in [6.45, 7) is 0. The predicted octanol–water partition coefficient (Wildman–Crippen LogP) is -0.0108. The third-order valence-electron chi connectivity index (χ3n) is 2.12. The number of hydrogen-bond donors (Lipinski definition) is 2. The Kier molecular flexibility index (Phi) is 2.27. The first-order valence-corrected chi connectivity index (χ1v) is 3.75. The first-order chi connectivity index (χ1) is 4.70. The van der Waals surface area contributed by atoms with Gasteiger partial charge in [0.1, 0.15) is 0 Å². The first kappa shape index (κ1) is 7.54. The zero-order valence-corrected chi connectivity index (χ0v) is 6.05. The zero-order chi connectivity index (χ0) is 7.56. The van der Waals surface area contributed by atoms with Gasteiger partial charge in [0, 0.05) is 12.0 Å². The minimum absolute atomic E-state index is 0.0451. The summed E-state index contributed by atoms with van der Waals surface area (Å²) in [5.74, 6) is -0.140. The molecule has 2 atom stereocenters. The summed E-state index contributed by atoms with van der Waals surface area (Å²) in [5, 5.41) is 0. The molecule has 0 aromatic carbocycles. The van der Waals surface area contributed by atoms with Crippen molar-refractivity contribution in [3.05, 3.63) is 0 Å². The van der Waals surface area contributed by atoms with Crippen molar-refractivity contribution in [1.29, 1.82) is 0 Å². The zero-order valence-electron chi connectivity index (χ0n) is 6.05. The molecule has 1 rings (SSSR count). The van der Waals surface area contributed by atoms with E-state index in [0.717, 1.165) is 25.7 Å². The van der Waals surface area contributed by atoms with Crippen LogP contribution < -0.4 is 11.5 Å². The highest BCUT2D eigenvalue weighted by atomic mass is 16.1. The van der Waals surface area contributed by atoms with Gasteiger partial charge in [0.15, 0.2) is 0 Å². The van der Waals surface area contributed by atoms with Crippen molar-refractivity contribution in [2.75, 3.05) is 0 Å². The Bertz CT molecular complexity index is 136. The van der Waals surface area contributed by atoms with Crippen molar-refractivity contribution in [3.63, 3.8) is 0 Å². The van der Waals surface area contributed by atoms with Gasteiger partial charge in [0.2, 0.25) is 5.91 Å². The monoisotopic (exact) mass is 142 g/mol. The van der Waals surface area contributed by atoms with E-state index in [-0.39, 0.29) is 17.9 Å². The molecule has 3 heteroatoms. The molecule has 3 nitrogen and oxygen atoms in total. The summed E-state index contributed by atoms with van der Waals surface area (Å²) in [7, 11) is 0. The van der Waals surface area contributed by atoms with Gasteiger partial charge in [-0.3, -0.25) is 4.79 Å². The molecule has 0 spiro atoms. The molecule has 1 saturated carbocycles. The highest BCUT2D eigenvalue weighted by Gasteiger charge is 2.22. The molecule has 0 aromatic heterocycles. The van der Waals surface area contributed by atoms with E-state index >= 15 is 0 Å². The van der Waals surface area contributed by atoms with Crippen LogP contribution in [-0.2, 0) is 4.79 Å². The highest BCUT2D eigenvalue weighted by Crippen LogP contribution is 2.22. The second-order valence-corrected chi connectivity index (χ2v) is 3.03. The van der Waals surface area contributed by atoms with Gasteiger partial charge in [-0.25, -0.2) is 0 Å². The molecule has 0 radical (unpaired) electrons. The van der Waals surface area contributed by atoms with Gasteiger partial charge >= 0.3 is 0 Å². The maximum atomic E-state index is 10.7. The van der Waals surface area contributed by atoms with Crippen LogP contribution in [0.3, 0.4) is 0 Å². The van der Waals surface area contributed by atoms with Gasteiger partial charge in [0.25, 0.3) is 0 Å².